The molecule has 0 spiro atoms. The van der Waals surface area contributed by atoms with Gasteiger partial charge in [0.1, 0.15) is 0 Å². The normalized spacial score (nSPS) is 31.9. The Kier molecular flexibility index (Phi) is 3.35. The number of benzene rings is 1. The third-order valence-corrected chi connectivity index (χ3v) is 4.63. The average molecular weight is 254 g/mol. The van der Waals surface area contributed by atoms with Gasteiger partial charge < -0.3 is 5.32 Å². The molecule has 1 aliphatic carbocycles. The Balaban J connectivity index is 1.80. The third-order valence-electron chi connectivity index (χ3n) is 4.63. The molecule has 3 rings (SSSR count). The fourth-order valence-corrected chi connectivity index (χ4v) is 3.33. The van der Waals surface area contributed by atoms with Gasteiger partial charge in [0.25, 0.3) is 0 Å². The largest absolute Gasteiger partial charge is 0.308 e. The summed E-state index contributed by atoms with van der Waals surface area (Å²) in [6.07, 6.45) is 8.30. The molecule has 1 N–H and O–H groups in total. The number of piperazine rings is 1. The molecule has 2 unspecified atom stereocenters. The molecule has 1 aromatic carbocycles. The van der Waals surface area contributed by atoms with E-state index in [4.69, 9.17) is 6.42 Å². The van der Waals surface area contributed by atoms with Crippen LogP contribution in [0.25, 0.3) is 0 Å². The number of hydrogen-bond donors (Lipinski definition) is 1. The number of hydrogen-bond acceptors (Lipinski definition) is 2. The average Bonchev–Trinajstić information content (AvgIpc) is 3.25. The zero-order valence-corrected chi connectivity index (χ0v) is 11.6. The van der Waals surface area contributed by atoms with Crippen LogP contribution in [-0.2, 0) is 0 Å². The van der Waals surface area contributed by atoms with Crippen LogP contribution in [0.5, 0.6) is 0 Å². The van der Waals surface area contributed by atoms with Crippen molar-refractivity contribution in [3.8, 4) is 12.3 Å². The van der Waals surface area contributed by atoms with Crippen LogP contribution in [-0.4, -0.2) is 30.1 Å². The first-order valence-electron chi connectivity index (χ1n) is 7.20. The van der Waals surface area contributed by atoms with E-state index < -0.39 is 0 Å². The molecule has 2 fully saturated rings. The van der Waals surface area contributed by atoms with Crippen LogP contribution in [0.2, 0.25) is 0 Å². The predicted octanol–water partition coefficient (Wildman–Crippen LogP) is 2.43. The van der Waals surface area contributed by atoms with E-state index in [1.807, 2.05) is 0 Å². The van der Waals surface area contributed by atoms with E-state index in [-0.39, 0.29) is 5.54 Å². The molecule has 2 atom stereocenters. The van der Waals surface area contributed by atoms with Crippen molar-refractivity contribution in [2.24, 2.45) is 5.92 Å². The van der Waals surface area contributed by atoms with Crippen LogP contribution in [0.3, 0.4) is 0 Å². The van der Waals surface area contributed by atoms with Gasteiger partial charge in [-0.1, -0.05) is 36.3 Å². The zero-order chi connectivity index (χ0) is 13.3. The summed E-state index contributed by atoms with van der Waals surface area (Å²) in [5.74, 6) is 3.67. The Morgan fingerprint density at radius 3 is 2.74 bits per heavy atom. The fourth-order valence-electron chi connectivity index (χ4n) is 3.33. The summed E-state index contributed by atoms with van der Waals surface area (Å²) in [4.78, 5) is 2.46. The molecular formula is C17H22N2. The molecule has 1 aromatic rings. The van der Waals surface area contributed by atoms with Gasteiger partial charge in [-0.25, -0.2) is 0 Å². The topological polar surface area (TPSA) is 15.3 Å². The lowest BCUT2D eigenvalue weighted by atomic mass is 9.89. The summed E-state index contributed by atoms with van der Waals surface area (Å²) in [6, 6.07) is 11.1. The van der Waals surface area contributed by atoms with E-state index in [0.29, 0.717) is 6.04 Å². The Morgan fingerprint density at radius 2 is 2.11 bits per heavy atom. The summed E-state index contributed by atoms with van der Waals surface area (Å²) >= 11 is 0. The quantitative estimate of drug-likeness (QED) is 0.834. The van der Waals surface area contributed by atoms with Crippen LogP contribution < -0.4 is 5.32 Å². The molecule has 0 amide bonds. The fraction of sp³-hybridized carbons (Fsp3) is 0.529. The predicted molar refractivity (Wildman–Crippen MR) is 78.7 cm³/mol. The van der Waals surface area contributed by atoms with Crippen LogP contribution >= 0.6 is 0 Å². The van der Waals surface area contributed by atoms with Gasteiger partial charge in [0.2, 0.25) is 0 Å². The van der Waals surface area contributed by atoms with Gasteiger partial charge in [-0.2, -0.15) is 0 Å². The van der Waals surface area contributed by atoms with Crippen molar-refractivity contribution in [3.05, 3.63) is 35.9 Å². The van der Waals surface area contributed by atoms with Crippen LogP contribution in [0.4, 0.5) is 0 Å². The van der Waals surface area contributed by atoms with Crippen molar-refractivity contribution in [2.45, 2.75) is 31.3 Å². The van der Waals surface area contributed by atoms with Crippen LogP contribution in [0.15, 0.2) is 30.3 Å². The van der Waals surface area contributed by atoms with Gasteiger partial charge in [0.15, 0.2) is 0 Å². The number of nitrogens with one attached hydrogen (secondary N) is 1. The summed E-state index contributed by atoms with van der Waals surface area (Å²) in [7, 11) is 0. The zero-order valence-electron chi connectivity index (χ0n) is 11.6. The molecule has 2 heteroatoms. The van der Waals surface area contributed by atoms with Crippen molar-refractivity contribution >= 4 is 0 Å². The third kappa shape index (κ3) is 2.54. The molecule has 0 aromatic heterocycles. The summed E-state index contributed by atoms with van der Waals surface area (Å²) in [6.45, 7) is 5.15. The van der Waals surface area contributed by atoms with Gasteiger partial charge >= 0.3 is 0 Å². The second-order valence-electron chi connectivity index (χ2n) is 6.11. The highest BCUT2D eigenvalue weighted by molar-refractivity contribution is 5.22. The Labute approximate surface area is 116 Å². The summed E-state index contributed by atoms with van der Waals surface area (Å²) in [5.41, 5.74) is 1.62. The highest BCUT2D eigenvalue weighted by Gasteiger charge is 2.45. The van der Waals surface area contributed by atoms with Crippen LogP contribution in [0.1, 0.15) is 31.4 Å². The van der Waals surface area contributed by atoms with E-state index >= 15 is 0 Å². The highest BCUT2D eigenvalue weighted by Crippen LogP contribution is 2.42. The number of rotatable bonds is 3. The van der Waals surface area contributed by atoms with Gasteiger partial charge in [-0.15, -0.1) is 6.42 Å². The maximum atomic E-state index is 5.57. The van der Waals surface area contributed by atoms with E-state index in [9.17, 15) is 0 Å². The van der Waals surface area contributed by atoms with Crippen molar-refractivity contribution in [1.82, 2.24) is 10.2 Å². The van der Waals surface area contributed by atoms with E-state index in [1.165, 1.54) is 18.4 Å². The minimum Gasteiger partial charge on any atom is -0.308 e. The molecule has 19 heavy (non-hydrogen) atoms. The maximum absolute atomic E-state index is 5.57. The standard InChI is InChI=1S/C17H22N2/c1-3-11-19-13-17(2,15-9-10-15)18-12-16(19)14-7-5-4-6-8-14/h1,4-8,15-16,18H,9-13H2,2H3. The first-order valence-corrected chi connectivity index (χ1v) is 7.20. The first kappa shape index (κ1) is 12.7. The maximum Gasteiger partial charge on any atom is 0.0605 e. The number of terminal acetylenes is 1. The Morgan fingerprint density at radius 1 is 1.37 bits per heavy atom. The van der Waals surface area contributed by atoms with Crippen molar-refractivity contribution < 1.29 is 0 Å². The smallest absolute Gasteiger partial charge is 0.0605 e. The van der Waals surface area contributed by atoms with Gasteiger partial charge in [-0.05, 0) is 31.2 Å². The van der Waals surface area contributed by atoms with E-state index in [0.717, 1.165) is 25.6 Å². The van der Waals surface area contributed by atoms with Crippen molar-refractivity contribution in [3.63, 3.8) is 0 Å². The molecule has 1 saturated heterocycles. The monoisotopic (exact) mass is 254 g/mol. The lowest BCUT2D eigenvalue weighted by Crippen LogP contribution is -2.61. The second-order valence-corrected chi connectivity index (χ2v) is 6.11. The SMILES string of the molecule is C#CCN1CC(C)(C2CC2)NCC1c1ccccc1. The Hall–Kier alpha value is -1.30. The molecule has 100 valence electrons. The lowest BCUT2D eigenvalue weighted by Gasteiger charge is -2.46. The molecule has 2 aliphatic rings. The van der Waals surface area contributed by atoms with E-state index in [1.54, 1.807) is 0 Å². The van der Waals surface area contributed by atoms with Crippen LogP contribution in [0, 0.1) is 18.3 Å². The molecule has 2 nitrogen and oxygen atoms in total. The minimum atomic E-state index is 0.252. The molecule has 0 radical (unpaired) electrons. The highest BCUT2D eigenvalue weighted by atomic mass is 15.3. The molecule has 1 heterocycles. The minimum absolute atomic E-state index is 0.252. The van der Waals surface area contributed by atoms with Crippen molar-refractivity contribution in [1.29, 1.82) is 0 Å². The number of nitrogens with zero attached hydrogens (tertiary/aromatic N) is 1. The molecular weight excluding hydrogens is 232 g/mol. The summed E-state index contributed by atoms with van der Waals surface area (Å²) in [5, 5.41) is 3.78. The molecule has 0 bridgehead atoms. The van der Waals surface area contributed by atoms with E-state index in [2.05, 4.69) is 53.4 Å². The van der Waals surface area contributed by atoms with Gasteiger partial charge in [0, 0.05) is 24.7 Å². The summed E-state index contributed by atoms with van der Waals surface area (Å²) < 4.78 is 0. The van der Waals surface area contributed by atoms with Gasteiger partial charge in [-0.3, -0.25) is 4.90 Å². The lowest BCUT2D eigenvalue weighted by molar-refractivity contribution is 0.0872. The molecule has 1 saturated carbocycles. The second kappa shape index (κ2) is 5.00. The van der Waals surface area contributed by atoms with Crippen molar-refractivity contribution in [2.75, 3.05) is 19.6 Å². The first-order chi connectivity index (χ1) is 9.23. The Bertz CT molecular complexity index is 472. The van der Waals surface area contributed by atoms with Gasteiger partial charge in [0.05, 0.1) is 6.54 Å². The molecule has 1 aliphatic heterocycles.